The topological polar surface area (TPSA) is 205 Å². The van der Waals surface area contributed by atoms with Crippen LogP contribution in [0.5, 0.6) is 34.5 Å². The van der Waals surface area contributed by atoms with Gasteiger partial charge in [-0.25, -0.2) is 0 Å². The van der Waals surface area contributed by atoms with Crippen LogP contribution in [0.15, 0.2) is 56.9 Å². The molecule has 0 spiro atoms. The number of aromatic hydroxyl groups is 6. The van der Waals surface area contributed by atoms with Crippen LogP contribution in [-0.2, 0) is 0 Å². The van der Waals surface area contributed by atoms with Crippen molar-refractivity contribution in [2.45, 2.75) is 13.8 Å². The van der Waals surface area contributed by atoms with Crippen LogP contribution in [0.4, 0.5) is 22.7 Å². The van der Waals surface area contributed by atoms with Crippen LogP contribution in [0.3, 0.4) is 0 Å². The first-order chi connectivity index (χ1) is 16.0. The molecule has 3 aromatic rings. The Bertz CT molecular complexity index is 1280. The number of phenolic OH excluding ortho intramolecular Hbond substituents is 6. The van der Waals surface area contributed by atoms with E-state index < -0.39 is 68.6 Å². The quantitative estimate of drug-likeness (QED) is 0.211. The molecule has 0 heterocycles. The molecule has 34 heavy (non-hydrogen) atoms. The number of carbonyl (C=O) groups excluding carboxylic acids is 2. The van der Waals surface area contributed by atoms with Gasteiger partial charge in [-0.05, 0) is 26.0 Å². The zero-order valence-electron chi connectivity index (χ0n) is 17.8. The van der Waals surface area contributed by atoms with E-state index in [1.165, 1.54) is 12.1 Å². The average Bonchev–Trinajstić information content (AvgIpc) is 2.73. The van der Waals surface area contributed by atoms with E-state index in [1.807, 2.05) is 0 Å². The van der Waals surface area contributed by atoms with Gasteiger partial charge in [0.05, 0.1) is 0 Å². The molecule has 0 saturated heterocycles. The molecule has 6 N–H and O–H groups in total. The Kier molecular flexibility index (Phi) is 6.43. The fraction of sp³-hybridized carbons (Fsp3) is 0.0909. The zero-order valence-corrected chi connectivity index (χ0v) is 17.8. The SMILES string of the molecule is CC(=O)c1c(O)cc(O)c(N=Nc2ccccc2N=Nc2c(O)cc(O)c(C(C)=O)c2O)c1O. The Morgan fingerprint density at radius 3 is 1.26 bits per heavy atom. The maximum Gasteiger partial charge on any atom is 0.170 e. The van der Waals surface area contributed by atoms with Gasteiger partial charge in [-0.15, -0.1) is 20.5 Å². The van der Waals surface area contributed by atoms with E-state index in [4.69, 9.17) is 0 Å². The van der Waals surface area contributed by atoms with Gasteiger partial charge < -0.3 is 30.6 Å². The summed E-state index contributed by atoms with van der Waals surface area (Å²) in [5.41, 5.74) is -1.72. The lowest BCUT2D eigenvalue weighted by atomic mass is 10.1. The number of nitrogens with zero attached hydrogens (tertiary/aromatic N) is 4. The molecule has 12 heteroatoms. The standard InChI is InChI=1S/C22H18N4O8/c1-9(27)17-13(29)7-15(31)19(21(17)33)25-23-11-5-3-4-6-12(11)24-26-20-16(32)8-14(30)18(10(2)28)22(20)34/h3-8,29-34H,1-2H3. The van der Waals surface area contributed by atoms with Crippen LogP contribution in [0, 0.1) is 0 Å². The Balaban J connectivity index is 2.04. The number of carbonyl (C=O) groups is 2. The van der Waals surface area contributed by atoms with Crippen LogP contribution in [-0.4, -0.2) is 42.2 Å². The lowest BCUT2D eigenvalue weighted by Crippen LogP contribution is -1.94. The van der Waals surface area contributed by atoms with Gasteiger partial charge in [0.15, 0.2) is 45.9 Å². The third-order valence-electron chi connectivity index (χ3n) is 4.57. The summed E-state index contributed by atoms with van der Waals surface area (Å²) in [7, 11) is 0. The second-order valence-corrected chi connectivity index (χ2v) is 6.98. The maximum atomic E-state index is 11.7. The zero-order chi connectivity index (χ0) is 25.2. The highest BCUT2D eigenvalue weighted by Gasteiger charge is 2.22. The molecule has 0 fully saturated rings. The van der Waals surface area contributed by atoms with E-state index in [2.05, 4.69) is 20.5 Å². The highest BCUT2D eigenvalue weighted by molar-refractivity contribution is 6.02. The van der Waals surface area contributed by atoms with Crippen molar-refractivity contribution in [3.05, 3.63) is 47.5 Å². The largest absolute Gasteiger partial charge is 0.507 e. The van der Waals surface area contributed by atoms with Crippen molar-refractivity contribution in [2.24, 2.45) is 20.5 Å². The molecule has 0 bridgehead atoms. The summed E-state index contributed by atoms with van der Waals surface area (Å²) in [5, 5.41) is 75.3. The van der Waals surface area contributed by atoms with Crippen molar-refractivity contribution in [3.8, 4) is 34.5 Å². The van der Waals surface area contributed by atoms with Crippen LogP contribution < -0.4 is 0 Å². The normalized spacial score (nSPS) is 11.4. The number of phenols is 6. The molecule has 0 radical (unpaired) electrons. The van der Waals surface area contributed by atoms with Crippen molar-refractivity contribution < 1.29 is 40.2 Å². The number of ketones is 2. The summed E-state index contributed by atoms with van der Waals surface area (Å²) >= 11 is 0. The second kappa shape index (κ2) is 9.24. The summed E-state index contributed by atoms with van der Waals surface area (Å²) in [4.78, 5) is 23.3. The first-order valence-electron chi connectivity index (χ1n) is 9.53. The first-order valence-corrected chi connectivity index (χ1v) is 9.53. The van der Waals surface area contributed by atoms with Gasteiger partial charge in [-0.3, -0.25) is 9.59 Å². The highest BCUT2D eigenvalue weighted by atomic mass is 16.3. The van der Waals surface area contributed by atoms with E-state index in [0.717, 1.165) is 26.0 Å². The van der Waals surface area contributed by atoms with Gasteiger partial charge in [-0.2, -0.15) is 0 Å². The summed E-state index contributed by atoms with van der Waals surface area (Å²) in [6, 6.07) is 7.67. The Morgan fingerprint density at radius 2 is 0.941 bits per heavy atom. The van der Waals surface area contributed by atoms with E-state index in [-0.39, 0.29) is 11.4 Å². The molecule has 0 aliphatic carbocycles. The molecule has 0 atom stereocenters. The Morgan fingerprint density at radius 1 is 0.588 bits per heavy atom. The molecule has 0 aliphatic heterocycles. The van der Waals surface area contributed by atoms with Gasteiger partial charge in [-0.1, -0.05) is 12.1 Å². The fourth-order valence-electron chi connectivity index (χ4n) is 2.99. The lowest BCUT2D eigenvalue weighted by Gasteiger charge is -2.08. The van der Waals surface area contributed by atoms with E-state index in [9.17, 15) is 40.2 Å². The minimum atomic E-state index is -0.774. The van der Waals surface area contributed by atoms with Crippen molar-refractivity contribution in [1.82, 2.24) is 0 Å². The van der Waals surface area contributed by atoms with E-state index >= 15 is 0 Å². The predicted octanol–water partition coefficient (Wildman–Crippen LogP) is 5.16. The first kappa shape index (κ1) is 23.7. The van der Waals surface area contributed by atoms with Crippen LogP contribution in [0.25, 0.3) is 0 Å². The van der Waals surface area contributed by atoms with Crippen molar-refractivity contribution in [3.63, 3.8) is 0 Å². The molecule has 12 nitrogen and oxygen atoms in total. The van der Waals surface area contributed by atoms with Gasteiger partial charge in [0.25, 0.3) is 0 Å². The molecule has 0 aromatic heterocycles. The molecule has 0 aliphatic rings. The number of Topliss-reactive ketones (excluding diaryl/α,β-unsaturated/α-hetero) is 2. The monoisotopic (exact) mass is 466 g/mol. The van der Waals surface area contributed by atoms with Gasteiger partial charge in [0, 0.05) is 12.1 Å². The Labute approximate surface area is 191 Å². The van der Waals surface area contributed by atoms with E-state index in [1.54, 1.807) is 12.1 Å². The predicted molar refractivity (Wildman–Crippen MR) is 118 cm³/mol. The lowest BCUT2D eigenvalue weighted by molar-refractivity contribution is 0.0998. The van der Waals surface area contributed by atoms with Crippen LogP contribution in [0.2, 0.25) is 0 Å². The summed E-state index contributed by atoms with van der Waals surface area (Å²) in [6.07, 6.45) is 0. The summed E-state index contributed by atoms with van der Waals surface area (Å²) < 4.78 is 0. The number of hydrogen-bond donors (Lipinski definition) is 6. The van der Waals surface area contributed by atoms with Crippen molar-refractivity contribution in [1.29, 1.82) is 0 Å². The minimum absolute atomic E-state index is 0.0621. The van der Waals surface area contributed by atoms with Crippen LogP contribution in [0.1, 0.15) is 34.6 Å². The van der Waals surface area contributed by atoms with Crippen molar-refractivity contribution in [2.75, 3.05) is 0 Å². The molecule has 3 aromatic carbocycles. The molecule has 3 rings (SSSR count). The number of hydrogen-bond acceptors (Lipinski definition) is 12. The van der Waals surface area contributed by atoms with Crippen molar-refractivity contribution >= 4 is 34.3 Å². The third kappa shape index (κ3) is 4.46. The van der Waals surface area contributed by atoms with Crippen LogP contribution >= 0.6 is 0 Å². The molecular weight excluding hydrogens is 448 g/mol. The third-order valence-corrected chi connectivity index (χ3v) is 4.57. The highest BCUT2D eigenvalue weighted by Crippen LogP contribution is 2.46. The average molecular weight is 466 g/mol. The minimum Gasteiger partial charge on any atom is -0.507 e. The number of azo groups is 2. The molecule has 0 unspecified atom stereocenters. The number of benzene rings is 3. The number of rotatable bonds is 6. The molecule has 0 saturated carbocycles. The maximum absolute atomic E-state index is 11.7. The van der Waals surface area contributed by atoms with Gasteiger partial charge in [0.2, 0.25) is 0 Å². The summed E-state index contributed by atoms with van der Waals surface area (Å²) in [6.45, 7) is 2.21. The smallest absolute Gasteiger partial charge is 0.170 e. The fourth-order valence-corrected chi connectivity index (χ4v) is 2.99. The Hall–Kier alpha value is -5.00. The molecular formula is C22H18N4O8. The molecule has 174 valence electrons. The van der Waals surface area contributed by atoms with Gasteiger partial charge in [0.1, 0.15) is 34.0 Å². The van der Waals surface area contributed by atoms with E-state index in [0.29, 0.717) is 0 Å². The summed E-state index contributed by atoms with van der Waals surface area (Å²) in [5.74, 6) is -5.43. The van der Waals surface area contributed by atoms with Gasteiger partial charge >= 0.3 is 0 Å². The molecule has 0 amide bonds. The second-order valence-electron chi connectivity index (χ2n) is 6.98.